The van der Waals surface area contributed by atoms with Gasteiger partial charge in [0, 0.05) is 18.5 Å². The Balaban J connectivity index is 1.86. The minimum atomic E-state index is -1.86. The SMILES string of the molecule is [C-]#[N+]c1ccc2c(c1)[C@@H](N1CCCC1=O)[C@H](OCCO[Si](C)(C)C(C)(C)C)C(C)(C)O2. The first-order chi connectivity index (χ1) is 14.4. The Hall–Kier alpha value is -1.88. The highest BCUT2D eigenvalue weighted by Crippen LogP contribution is 2.46. The van der Waals surface area contributed by atoms with Crippen molar-refractivity contribution in [1.29, 1.82) is 0 Å². The number of carbonyl (C=O) groups is 1. The number of hydrogen-bond donors (Lipinski definition) is 0. The molecule has 0 radical (unpaired) electrons. The number of rotatable bonds is 6. The predicted molar refractivity (Wildman–Crippen MR) is 124 cm³/mol. The van der Waals surface area contributed by atoms with Crippen LogP contribution in [0.3, 0.4) is 0 Å². The maximum atomic E-state index is 12.7. The Morgan fingerprint density at radius 3 is 2.58 bits per heavy atom. The van der Waals surface area contributed by atoms with Crippen molar-refractivity contribution in [2.24, 2.45) is 0 Å². The molecule has 1 aromatic carbocycles. The molecule has 7 heteroatoms. The average Bonchev–Trinajstić information content (AvgIpc) is 3.09. The molecule has 0 bridgehead atoms. The van der Waals surface area contributed by atoms with E-state index in [1.165, 1.54) is 0 Å². The molecule has 0 N–H and O–H groups in total. The molecule has 0 saturated carbocycles. The van der Waals surface area contributed by atoms with Crippen LogP contribution in [0.15, 0.2) is 18.2 Å². The van der Waals surface area contributed by atoms with Gasteiger partial charge in [-0.15, -0.1) is 0 Å². The summed E-state index contributed by atoms with van der Waals surface area (Å²) in [6, 6.07) is 5.17. The third-order valence-corrected chi connectivity index (χ3v) is 11.4. The van der Waals surface area contributed by atoms with Gasteiger partial charge in [0.1, 0.15) is 17.5 Å². The summed E-state index contributed by atoms with van der Waals surface area (Å²) in [5.74, 6) is 0.854. The van der Waals surface area contributed by atoms with Crippen LogP contribution in [0.2, 0.25) is 18.1 Å². The lowest BCUT2D eigenvalue weighted by Crippen LogP contribution is -2.55. The Labute approximate surface area is 187 Å². The Bertz CT molecular complexity index is 869. The zero-order valence-corrected chi connectivity index (χ0v) is 20.9. The zero-order chi connectivity index (χ0) is 23.0. The van der Waals surface area contributed by atoms with Crippen LogP contribution < -0.4 is 4.74 Å². The molecule has 3 rings (SSSR count). The number of amides is 1. The maximum absolute atomic E-state index is 12.7. The number of hydrogen-bond acceptors (Lipinski definition) is 4. The van der Waals surface area contributed by atoms with Crippen LogP contribution >= 0.6 is 0 Å². The molecule has 6 nitrogen and oxygen atoms in total. The van der Waals surface area contributed by atoms with Crippen molar-refractivity contribution < 1.29 is 18.7 Å². The van der Waals surface area contributed by atoms with Crippen molar-refractivity contribution in [3.05, 3.63) is 35.2 Å². The van der Waals surface area contributed by atoms with Crippen molar-refractivity contribution in [1.82, 2.24) is 4.90 Å². The summed E-state index contributed by atoms with van der Waals surface area (Å²) >= 11 is 0. The predicted octanol–water partition coefficient (Wildman–Crippen LogP) is 5.48. The summed E-state index contributed by atoms with van der Waals surface area (Å²) in [6.45, 7) is 24.2. The summed E-state index contributed by atoms with van der Waals surface area (Å²) in [5, 5.41) is 0.139. The quantitative estimate of drug-likeness (QED) is 0.331. The largest absolute Gasteiger partial charge is 0.485 e. The van der Waals surface area contributed by atoms with Crippen molar-refractivity contribution in [2.45, 2.75) is 83.3 Å². The van der Waals surface area contributed by atoms with Gasteiger partial charge in [0.15, 0.2) is 14.0 Å². The zero-order valence-electron chi connectivity index (χ0n) is 19.9. The highest BCUT2D eigenvalue weighted by Gasteiger charge is 2.49. The third kappa shape index (κ3) is 4.81. The molecule has 2 aliphatic heterocycles. The van der Waals surface area contributed by atoms with Crippen LogP contribution in [0.25, 0.3) is 4.85 Å². The number of fused-ring (bicyclic) bond motifs is 1. The molecule has 2 atom stereocenters. The lowest BCUT2D eigenvalue weighted by atomic mass is 9.85. The number of nitrogens with zero attached hydrogens (tertiary/aromatic N) is 2. The Morgan fingerprint density at radius 2 is 2.00 bits per heavy atom. The van der Waals surface area contributed by atoms with Gasteiger partial charge in [-0.05, 0) is 50.5 Å². The van der Waals surface area contributed by atoms with Crippen molar-refractivity contribution in [3.63, 3.8) is 0 Å². The molecule has 1 aromatic rings. The van der Waals surface area contributed by atoms with Crippen LogP contribution in [0.5, 0.6) is 5.75 Å². The molecule has 0 spiro atoms. The smallest absolute Gasteiger partial charge is 0.223 e. The minimum Gasteiger partial charge on any atom is -0.485 e. The van der Waals surface area contributed by atoms with Gasteiger partial charge in [-0.3, -0.25) is 4.79 Å². The monoisotopic (exact) mass is 444 g/mol. The number of benzene rings is 1. The highest BCUT2D eigenvalue weighted by atomic mass is 28.4. The summed E-state index contributed by atoms with van der Waals surface area (Å²) in [4.78, 5) is 18.2. The van der Waals surface area contributed by atoms with Gasteiger partial charge in [0.05, 0.1) is 25.8 Å². The normalized spacial score (nSPS) is 23.3. The molecular formula is C24H36N2O4Si. The van der Waals surface area contributed by atoms with Crippen molar-refractivity contribution in [2.75, 3.05) is 19.8 Å². The average molecular weight is 445 g/mol. The summed E-state index contributed by atoms with van der Waals surface area (Å²) < 4.78 is 19.0. The Morgan fingerprint density at radius 1 is 1.29 bits per heavy atom. The molecule has 0 aliphatic carbocycles. The summed E-state index contributed by atoms with van der Waals surface area (Å²) in [6.07, 6.45) is 1.04. The molecule has 1 saturated heterocycles. The van der Waals surface area contributed by atoms with Gasteiger partial charge in [-0.2, -0.15) is 0 Å². The molecule has 0 unspecified atom stereocenters. The number of likely N-dealkylation sites (tertiary alicyclic amines) is 1. The van der Waals surface area contributed by atoms with Gasteiger partial charge in [-0.1, -0.05) is 26.8 Å². The molecule has 31 heavy (non-hydrogen) atoms. The first-order valence-electron chi connectivity index (χ1n) is 11.1. The van der Waals surface area contributed by atoms with E-state index in [9.17, 15) is 4.79 Å². The van der Waals surface area contributed by atoms with E-state index in [-0.39, 0.29) is 23.1 Å². The van der Waals surface area contributed by atoms with Crippen molar-refractivity contribution >= 4 is 19.9 Å². The van der Waals surface area contributed by atoms with Crippen LogP contribution in [0, 0.1) is 6.57 Å². The second kappa shape index (κ2) is 8.57. The lowest BCUT2D eigenvalue weighted by Gasteiger charge is -2.47. The molecule has 2 aliphatic rings. The lowest BCUT2D eigenvalue weighted by molar-refractivity contribution is -0.149. The highest BCUT2D eigenvalue weighted by molar-refractivity contribution is 6.74. The minimum absolute atomic E-state index is 0.132. The Kier molecular flexibility index (Phi) is 6.57. The van der Waals surface area contributed by atoms with E-state index < -0.39 is 13.9 Å². The van der Waals surface area contributed by atoms with Crippen molar-refractivity contribution in [3.8, 4) is 5.75 Å². The third-order valence-electron chi connectivity index (χ3n) is 6.88. The number of carbonyl (C=O) groups excluding carboxylic acids is 1. The molecule has 1 fully saturated rings. The fraction of sp³-hybridized carbons (Fsp3) is 0.667. The molecule has 170 valence electrons. The van der Waals surface area contributed by atoms with Gasteiger partial charge in [0.2, 0.25) is 5.91 Å². The van der Waals surface area contributed by atoms with Gasteiger partial charge in [0.25, 0.3) is 0 Å². The maximum Gasteiger partial charge on any atom is 0.223 e. The molecule has 1 amide bonds. The fourth-order valence-corrected chi connectivity index (χ4v) is 5.12. The standard InChI is InChI=1S/C24H36N2O4Si/c1-23(2,3)31(7,8)29-15-14-28-22-21(26-13-9-10-20(26)27)18-16-17(25-6)11-12-19(18)30-24(22,4)5/h11-12,16,21-22H,9-10,13-15H2,1-5,7-8H3/t21-,22+/m1/s1. The van der Waals surface area contributed by atoms with E-state index in [1.54, 1.807) is 6.07 Å². The van der Waals surface area contributed by atoms with E-state index >= 15 is 0 Å². The van der Waals surface area contributed by atoms with Crippen LogP contribution in [0.4, 0.5) is 5.69 Å². The van der Waals surface area contributed by atoms with Crippen LogP contribution in [-0.4, -0.2) is 50.6 Å². The van der Waals surface area contributed by atoms with Gasteiger partial charge < -0.3 is 18.8 Å². The molecular weight excluding hydrogens is 408 g/mol. The van der Waals surface area contributed by atoms with E-state index in [2.05, 4.69) is 38.7 Å². The topological polar surface area (TPSA) is 52.4 Å². The van der Waals surface area contributed by atoms with Gasteiger partial charge in [-0.25, -0.2) is 4.85 Å². The summed E-state index contributed by atoms with van der Waals surface area (Å²) in [7, 11) is -1.86. The number of ether oxygens (including phenoxy) is 2. The van der Waals surface area contributed by atoms with E-state index in [4.69, 9.17) is 20.5 Å². The molecule has 0 aromatic heterocycles. The second-order valence-corrected chi connectivity index (χ2v) is 15.4. The first-order valence-corrected chi connectivity index (χ1v) is 14.0. The first kappa shape index (κ1) is 23.8. The molecule has 2 heterocycles. The fourth-order valence-electron chi connectivity index (χ4n) is 4.09. The van der Waals surface area contributed by atoms with Gasteiger partial charge >= 0.3 is 0 Å². The summed E-state index contributed by atoms with van der Waals surface area (Å²) in [5.41, 5.74) is 0.772. The van der Waals surface area contributed by atoms with E-state index in [0.717, 1.165) is 17.7 Å². The van der Waals surface area contributed by atoms with Crippen LogP contribution in [0.1, 0.15) is 59.1 Å². The second-order valence-electron chi connectivity index (χ2n) is 10.6. The van der Waals surface area contributed by atoms with E-state index in [0.29, 0.717) is 31.9 Å². The van der Waals surface area contributed by atoms with E-state index in [1.807, 2.05) is 30.9 Å². The van der Waals surface area contributed by atoms with Crippen LogP contribution in [-0.2, 0) is 14.0 Å².